The summed E-state index contributed by atoms with van der Waals surface area (Å²) in [6.45, 7) is 15.5. The number of H-pyrrole nitrogens is 1. The maximum Gasteiger partial charge on any atom is 0.410 e. The Balaban J connectivity index is 0.000000375. The number of carbonyl (C=O) groups is 1. The minimum atomic E-state index is -2.08. The van der Waals surface area contributed by atoms with Crippen molar-refractivity contribution in [3.05, 3.63) is 64.8 Å². The molecule has 2 heterocycles. The van der Waals surface area contributed by atoms with E-state index >= 15 is 0 Å². The quantitative estimate of drug-likeness (QED) is 0.568. The number of rotatable bonds is 5. The second kappa shape index (κ2) is 12.8. The van der Waals surface area contributed by atoms with Crippen LogP contribution < -0.4 is 10.6 Å². The predicted octanol–water partition coefficient (Wildman–Crippen LogP) is 4.42. The molecule has 1 aliphatic carbocycles. The zero-order valence-electron chi connectivity index (χ0n) is 23.6. The molecule has 1 aliphatic heterocycles. The Morgan fingerprint density at radius 1 is 1.13 bits per heavy atom. The standard InChI is InChI=1S/C24H37N3O2.C6H6O2S/c1-7-8-9-10-20-21(19(17-25-20)24(6)11-12-24)18(2)26-13-15-27(16-14-26)22(28)29-23(3,4)5;7-9(8)6-4-2-1-3-5-6/h8-10,17,25H,7,11-16H2,1-6H3;1-5H,(H,7,8)/p-1/b9-8+,20-10+,21-18+;. The monoisotopic (exact) mass is 540 g/mol. The van der Waals surface area contributed by atoms with E-state index in [-0.39, 0.29) is 6.09 Å². The summed E-state index contributed by atoms with van der Waals surface area (Å²) in [6.07, 6.45) is 12.0. The fourth-order valence-corrected chi connectivity index (χ4v) is 4.81. The fraction of sp³-hybridized carbons (Fsp3) is 0.500. The smallest absolute Gasteiger partial charge is 0.410 e. The highest BCUT2D eigenvalue weighted by Crippen LogP contribution is 2.46. The maximum atomic E-state index is 12.4. The van der Waals surface area contributed by atoms with Crippen LogP contribution in [0.5, 0.6) is 0 Å². The first-order valence-corrected chi connectivity index (χ1v) is 14.5. The molecule has 8 heteroatoms. The zero-order chi connectivity index (χ0) is 27.9. The van der Waals surface area contributed by atoms with Crippen LogP contribution in [0.4, 0.5) is 4.79 Å². The van der Waals surface area contributed by atoms with E-state index in [2.05, 4.69) is 55.1 Å². The van der Waals surface area contributed by atoms with Gasteiger partial charge in [-0.25, -0.2) is 4.79 Å². The molecule has 38 heavy (non-hydrogen) atoms. The van der Waals surface area contributed by atoms with Gasteiger partial charge in [-0.05, 0) is 87.2 Å². The molecule has 1 saturated heterocycles. The van der Waals surface area contributed by atoms with Gasteiger partial charge in [-0.15, -0.1) is 0 Å². The van der Waals surface area contributed by atoms with Gasteiger partial charge in [0, 0.05) is 53.5 Å². The molecule has 208 valence electrons. The Hall–Kier alpha value is -2.84. The van der Waals surface area contributed by atoms with Crippen LogP contribution in [0.3, 0.4) is 0 Å². The number of carbonyl (C=O) groups excluding carboxylic acids is 1. The number of ether oxygens (including phenoxy) is 1. The first-order chi connectivity index (χ1) is 17.9. The molecule has 0 radical (unpaired) electrons. The van der Waals surface area contributed by atoms with E-state index in [9.17, 15) is 13.6 Å². The molecular formula is C30H42N3O4S-. The van der Waals surface area contributed by atoms with Crippen LogP contribution >= 0.6 is 0 Å². The molecule has 7 nitrogen and oxygen atoms in total. The van der Waals surface area contributed by atoms with Crippen LogP contribution in [-0.2, 0) is 21.2 Å². The minimum absolute atomic E-state index is 0.207. The molecule has 1 unspecified atom stereocenters. The maximum absolute atomic E-state index is 12.4. The zero-order valence-corrected chi connectivity index (χ0v) is 24.4. The SMILES string of the molecule is CC/C=C/C=c1/[nH]cc(C2(C)CC2)/c1=C(/C)N1CCN(C(=O)OC(C)(C)C)CC1.O=S([O-])c1ccccc1. The average molecular weight is 541 g/mol. The van der Waals surface area contributed by atoms with Gasteiger partial charge in [-0.3, -0.25) is 4.21 Å². The Kier molecular flexibility index (Phi) is 10.0. The van der Waals surface area contributed by atoms with E-state index < -0.39 is 16.7 Å². The predicted molar refractivity (Wildman–Crippen MR) is 153 cm³/mol. The van der Waals surface area contributed by atoms with Gasteiger partial charge < -0.3 is 24.1 Å². The Morgan fingerprint density at radius 2 is 1.74 bits per heavy atom. The van der Waals surface area contributed by atoms with Gasteiger partial charge in [-0.2, -0.15) is 0 Å². The highest BCUT2D eigenvalue weighted by atomic mass is 32.2. The van der Waals surface area contributed by atoms with E-state index in [0.717, 1.165) is 19.5 Å². The van der Waals surface area contributed by atoms with Crippen molar-refractivity contribution >= 4 is 28.9 Å². The number of piperazine rings is 1. The summed E-state index contributed by atoms with van der Waals surface area (Å²) >= 11 is -2.08. The van der Waals surface area contributed by atoms with E-state index in [1.165, 1.54) is 34.7 Å². The average Bonchev–Trinajstić information content (AvgIpc) is 3.48. The van der Waals surface area contributed by atoms with Crippen molar-refractivity contribution in [1.82, 2.24) is 14.8 Å². The van der Waals surface area contributed by atoms with Gasteiger partial charge >= 0.3 is 6.09 Å². The molecule has 0 spiro atoms. The summed E-state index contributed by atoms with van der Waals surface area (Å²) in [6, 6.07) is 8.23. The van der Waals surface area contributed by atoms with Gasteiger partial charge in [0.25, 0.3) is 0 Å². The second-order valence-corrected chi connectivity index (χ2v) is 12.1. The topological polar surface area (TPSA) is 88.7 Å². The highest BCUT2D eigenvalue weighted by molar-refractivity contribution is 7.79. The highest BCUT2D eigenvalue weighted by Gasteiger charge is 2.40. The third-order valence-corrected chi connectivity index (χ3v) is 7.56. The molecule has 2 fully saturated rings. The Bertz CT molecular complexity index is 1250. The molecule has 1 atom stereocenters. The number of hydrogen-bond acceptors (Lipinski definition) is 5. The Morgan fingerprint density at radius 3 is 2.24 bits per heavy atom. The number of nitrogens with one attached hydrogen (secondary N) is 1. The number of allylic oxidation sites excluding steroid dienone is 2. The van der Waals surface area contributed by atoms with Crippen LogP contribution in [0, 0.1) is 0 Å². The molecular weight excluding hydrogens is 498 g/mol. The van der Waals surface area contributed by atoms with Gasteiger partial charge in [0.1, 0.15) is 5.60 Å². The fourth-order valence-electron chi connectivity index (χ4n) is 4.43. The summed E-state index contributed by atoms with van der Waals surface area (Å²) in [5.74, 6) is 0. The van der Waals surface area contributed by atoms with Crippen LogP contribution in [0.25, 0.3) is 11.8 Å². The van der Waals surface area contributed by atoms with Crippen LogP contribution in [0.2, 0.25) is 0 Å². The van der Waals surface area contributed by atoms with E-state index in [1.807, 2.05) is 25.7 Å². The summed E-state index contributed by atoms with van der Waals surface area (Å²) in [7, 11) is 0. The summed E-state index contributed by atoms with van der Waals surface area (Å²) in [5.41, 5.74) is 2.58. The van der Waals surface area contributed by atoms with Gasteiger partial charge in [0.2, 0.25) is 0 Å². The molecule has 2 aliphatic rings. The number of nitrogens with zero attached hydrogens (tertiary/aromatic N) is 2. The lowest BCUT2D eigenvalue weighted by Crippen LogP contribution is -2.50. The van der Waals surface area contributed by atoms with Crippen molar-refractivity contribution < 1.29 is 18.3 Å². The van der Waals surface area contributed by atoms with Crippen LogP contribution in [0.1, 0.15) is 66.4 Å². The van der Waals surface area contributed by atoms with Gasteiger partial charge in [-0.1, -0.05) is 44.2 Å². The lowest BCUT2D eigenvalue weighted by Gasteiger charge is -2.37. The number of benzene rings is 1. The van der Waals surface area contributed by atoms with E-state index in [1.54, 1.807) is 30.3 Å². The lowest BCUT2D eigenvalue weighted by molar-refractivity contribution is 0.0181. The third-order valence-electron chi connectivity index (χ3n) is 6.90. The largest absolute Gasteiger partial charge is 0.768 e. The number of amides is 1. The summed E-state index contributed by atoms with van der Waals surface area (Å²) in [5, 5.41) is 2.53. The van der Waals surface area contributed by atoms with Crippen LogP contribution in [-0.4, -0.2) is 61.4 Å². The summed E-state index contributed by atoms with van der Waals surface area (Å²) < 4.78 is 25.9. The molecule has 1 N–H and O–H groups in total. The van der Waals surface area contributed by atoms with Crippen molar-refractivity contribution in [3.8, 4) is 0 Å². The van der Waals surface area contributed by atoms with Crippen molar-refractivity contribution in [2.45, 2.75) is 76.7 Å². The molecule has 2 aromatic rings. The van der Waals surface area contributed by atoms with Gasteiger partial charge in [0.15, 0.2) is 0 Å². The van der Waals surface area contributed by atoms with E-state index in [0.29, 0.717) is 23.4 Å². The molecule has 0 bridgehead atoms. The van der Waals surface area contributed by atoms with Crippen molar-refractivity contribution in [2.75, 3.05) is 26.2 Å². The van der Waals surface area contributed by atoms with Crippen molar-refractivity contribution in [2.24, 2.45) is 0 Å². The third kappa shape index (κ3) is 8.08. The second-order valence-electron chi connectivity index (χ2n) is 11.1. The van der Waals surface area contributed by atoms with Crippen molar-refractivity contribution in [3.63, 3.8) is 0 Å². The minimum Gasteiger partial charge on any atom is -0.768 e. The summed E-state index contributed by atoms with van der Waals surface area (Å²) in [4.78, 5) is 20.5. The molecule has 4 rings (SSSR count). The van der Waals surface area contributed by atoms with E-state index in [4.69, 9.17) is 4.74 Å². The first kappa shape index (κ1) is 29.7. The molecule has 1 amide bonds. The number of hydrogen-bond donors (Lipinski definition) is 1. The van der Waals surface area contributed by atoms with Gasteiger partial charge in [0.05, 0.1) is 0 Å². The Labute approximate surface area is 229 Å². The lowest BCUT2D eigenvalue weighted by atomic mass is 9.98. The molecule has 1 aromatic carbocycles. The molecule has 1 saturated carbocycles. The van der Waals surface area contributed by atoms with Crippen molar-refractivity contribution in [1.29, 1.82) is 0 Å². The number of aromatic nitrogens is 1. The molecule has 1 aromatic heterocycles. The normalized spacial score (nSPS) is 19.1. The van der Waals surface area contributed by atoms with Crippen LogP contribution in [0.15, 0.2) is 53.6 Å². The number of aromatic amines is 1. The first-order valence-electron chi connectivity index (χ1n) is 13.4.